The van der Waals surface area contributed by atoms with Crippen LogP contribution in [0.3, 0.4) is 0 Å². The lowest BCUT2D eigenvalue weighted by molar-refractivity contribution is -0.159. The maximum Gasteiger partial charge on any atom is 0.351 e. The number of carbonyl (C=O) groups excluding carboxylic acids is 1. The maximum absolute atomic E-state index is 12.7. The van der Waals surface area contributed by atoms with Gasteiger partial charge in [-0.05, 0) is 61.6 Å². The third-order valence-corrected chi connectivity index (χ3v) is 5.49. The van der Waals surface area contributed by atoms with E-state index in [1.165, 1.54) is 17.2 Å². The molecule has 2 unspecified atom stereocenters. The number of fused-ring (bicyclic) bond motifs is 3. The molecule has 0 bridgehead atoms. The topological polar surface area (TPSA) is 75.0 Å². The van der Waals surface area contributed by atoms with Crippen molar-refractivity contribution in [1.29, 1.82) is 0 Å². The number of para-hydroxylation sites is 2. The number of aryl methyl sites for hydroxylation is 2. The molecule has 1 aromatic heterocycles. The summed E-state index contributed by atoms with van der Waals surface area (Å²) in [6.07, 6.45) is 1.73. The van der Waals surface area contributed by atoms with Crippen molar-refractivity contribution >= 4 is 16.9 Å². The van der Waals surface area contributed by atoms with Gasteiger partial charge < -0.3 is 18.6 Å². The van der Waals surface area contributed by atoms with Gasteiger partial charge in [-0.1, -0.05) is 12.1 Å². The fourth-order valence-corrected chi connectivity index (χ4v) is 4.02. The number of benzene rings is 2. The molecule has 2 aliphatic rings. The number of hydrogen-bond donors (Lipinski definition) is 0. The van der Waals surface area contributed by atoms with E-state index in [1.807, 2.05) is 24.3 Å². The molecule has 0 radical (unpaired) electrons. The van der Waals surface area contributed by atoms with Crippen LogP contribution in [0.25, 0.3) is 11.0 Å². The molecular formula is C23H20O6. The Bertz CT molecular complexity index is 1160. The lowest BCUT2D eigenvalue weighted by Gasteiger charge is -2.30. The number of hydrogen-bond acceptors (Lipinski definition) is 6. The van der Waals surface area contributed by atoms with Crippen molar-refractivity contribution in [2.24, 2.45) is 0 Å². The molecule has 6 nitrogen and oxygen atoms in total. The minimum atomic E-state index is -0.875. The molecule has 0 fully saturated rings. The fraction of sp³-hybridized carbons (Fsp3) is 0.304. The average Bonchev–Trinajstić information content (AvgIpc) is 3.17. The molecule has 2 aromatic carbocycles. The molecule has 2 atom stereocenters. The number of rotatable bonds is 3. The Balaban J connectivity index is 1.38. The van der Waals surface area contributed by atoms with Gasteiger partial charge in [0.25, 0.3) is 0 Å². The van der Waals surface area contributed by atoms with E-state index < -0.39 is 23.8 Å². The van der Waals surface area contributed by atoms with Crippen LogP contribution >= 0.6 is 0 Å². The van der Waals surface area contributed by atoms with Crippen LogP contribution < -0.4 is 15.1 Å². The molecule has 2 heterocycles. The van der Waals surface area contributed by atoms with Gasteiger partial charge in [-0.2, -0.15) is 0 Å². The molecule has 0 N–H and O–H groups in total. The summed E-state index contributed by atoms with van der Waals surface area (Å²) in [4.78, 5) is 24.7. The minimum absolute atomic E-state index is 0.0338. The van der Waals surface area contributed by atoms with E-state index in [4.69, 9.17) is 18.6 Å². The summed E-state index contributed by atoms with van der Waals surface area (Å²) in [6.45, 7) is 1.73. The van der Waals surface area contributed by atoms with Crippen LogP contribution in [0.5, 0.6) is 11.5 Å². The van der Waals surface area contributed by atoms with E-state index >= 15 is 0 Å². The Morgan fingerprint density at radius 2 is 1.79 bits per heavy atom. The Morgan fingerprint density at radius 1 is 1.07 bits per heavy atom. The lowest BCUT2D eigenvalue weighted by atomic mass is 10.0. The van der Waals surface area contributed by atoms with Gasteiger partial charge in [0, 0.05) is 17.0 Å². The standard InChI is InChI=1S/C23H20O6/c1-13-22(29-19-8-3-2-7-18(19)27-13)23(25)26-12-16-11-21(24)28-20-10-15-6-4-5-14(15)9-17(16)20/h2-3,7-11,13,22H,4-6,12H2,1H3. The van der Waals surface area contributed by atoms with E-state index in [0.717, 1.165) is 24.6 Å². The van der Waals surface area contributed by atoms with Crippen LogP contribution in [0.1, 0.15) is 30.0 Å². The highest BCUT2D eigenvalue weighted by molar-refractivity contribution is 5.83. The second-order valence-electron chi connectivity index (χ2n) is 7.48. The zero-order valence-electron chi connectivity index (χ0n) is 16.0. The molecule has 0 spiro atoms. The van der Waals surface area contributed by atoms with Crippen molar-refractivity contribution in [1.82, 2.24) is 0 Å². The first kappa shape index (κ1) is 17.8. The molecular weight excluding hydrogens is 372 g/mol. The van der Waals surface area contributed by atoms with Gasteiger partial charge in [0.2, 0.25) is 6.10 Å². The van der Waals surface area contributed by atoms with Gasteiger partial charge in [-0.15, -0.1) is 0 Å². The highest BCUT2D eigenvalue weighted by Crippen LogP contribution is 2.34. The van der Waals surface area contributed by atoms with E-state index in [1.54, 1.807) is 19.1 Å². The monoisotopic (exact) mass is 392 g/mol. The predicted molar refractivity (Wildman–Crippen MR) is 105 cm³/mol. The summed E-state index contributed by atoms with van der Waals surface area (Å²) >= 11 is 0. The fourth-order valence-electron chi connectivity index (χ4n) is 4.02. The first-order chi connectivity index (χ1) is 14.1. The molecule has 6 heteroatoms. The summed E-state index contributed by atoms with van der Waals surface area (Å²) in [6, 6.07) is 12.6. The van der Waals surface area contributed by atoms with E-state index in [0.29, 0.717) is 22.6 Å². The van der Waals surface area contributed by atoms with Crippen molar-refractivity contribution in [3.63, 3.8) is 0 Å². The summed E-state index contributed by atoms with van der Waals surface area (Å²) in [7, 11) is 0. The molecule has 5 rings (SSSR count). The zero-order chi connectivity index (χ0) is 20.0. The van der Waals surface area contributed by atoms with Crippen LogP contribution in [0.15, 0.2) is 51.7 Å². The second kappa shape index (κ2) is 6.95. The maximum atomic E-state index is 12.7. The highest BCUT2D eigenvalue weighted by atomic mass is 16.6. The van der Waals surface area contributed by atoms with E-state index in [-0.39, 0.29) is 6.61 Å². The smallest absolute Gasteiger partial charge is 0.351 e. The van der Waals surface area contributed by atoms with Crippen molar-refractivity contribution in [2.45, 2.75) is 45.0 Å². The van der Waals surface area contributed by atoms with Crippen molar-refractivity contribution < 1.29 is 23.4 Å². The summed E-state index contributed by atoms with van der Waals surface area (Å²) in [5.74, 6) is 0.577. The van der Waals surface area contributed by atoms with Crippen molar-refractivity contribution in [2.75, 3.05) is 0 Å². The molecule has 29 heavy (non-hydrogen) atoms. The minimum Gasteiger partial charge on any atom is -0.482 e. The number of esters is 1. The SMILES string of the molecule is CC1Oc2ccccc2OC1C(=O)OCc1cc(=O)oc2cc3c(cc12)CCC3. The highest BCUT2D eigenvalue weighted by Gasteiger charge is 2.35. The molecule has 1 aliphatic heterocycles. The lowest BCUT2D eigenvalue weighted by Crippen LogP contribution is -2.44. The Morgan fingerprint density at radius 3 is 2.59 bits per heavy atom. The first-order valence-corrected chi connectivity index (χ1v) is 9.76. The van der Waals surface area contributed by atoms with Crippen LogP contribution in [-0.4, -0.2) is 18.2 Å². The van der Waals surface area contributed by atoms with Crippen LogP contribution in [-0.2, 0) is 29.0 Å². The number of ether oxygens (including phenoxy) is 3. The predicted octanol–water partition coefficient (Wildman–Crippen LogP) is 3.55. The van der Waals surface area contributed by atoms with Crippen LogP contribution in [0, 0.1) is 0 Å². The third-order valence-electron chi connectivity index (χ3n) is 5.49. The molecule has 0 saturated heterocycles. The third kappa shape index (κ3) is 3.24. The summed E-state index contributed by atoms with van der Waals surface area (Å²) < 4.78 is 22.4. The van der Waals surface area contributed by atoms with E-state index in [2.05, 4.69) is 0 Å². The molecule has 148 valence electrons. The van der Waals surface area contributed by atoms with Crippen LogP contribution in [0.4, 0.5) is 0 Å². The Kier molecular flexibility index (Phi) is 4.27. The van der Waals surface area contributed by atoms with Gasteiger partial charge in [0.15, 0.2) is 11.5 Å². The summed E-state index contributed by atoms with van der Waals surface area (Å²) in [5, 5.41) is 0.803. The van der Waals surface area contributed by atoms with Gasteiger partial charge in [-0.25, -0.2) is 9.59 Å². The van der Waals surface area contributed by atoms with Gasteiger partial charge in [0.1, 0.15) is 18.3 Å². The Labute approximate surface area is 167 Å². The summed E-state index contributed by atoms with van der Waals surface area (Å²) in [5.41, 5.74) is 3.18. The van der Waals surface area contributed by atoms with Crippen molar-refractivity contribution in [3.05, 3.63) is 69.6 Å². The van der Waals surface area contributed by atoms with Crippen molar-refractivity contribution in [3.8, 4) is 11.5 Å². The van der Waals surface area contributed by atoms with E-state index in [9.17, 15) is 9.59 Å². The molecule has 3 aromatic rings. The quantitative estimate of drug-likeness (QED) is 0.501. The largest absolute Gasteiger partial charge is 0.482 e. The number of carbonyl (C=O) groups is 1. The molecule has 1 aliphatic carbocycles. The average molecular weight is 392 g/mol. The Hall–Kier alpha value is -3.28. The second-order valence-corrected chi connectivity index (χ2v) is 7.48. The molecule has 0 saturated carbocycles. The van der Waals surface area contributed by atoms with Gasteiger partial charge in [0.05, 0.1) is 0 Å². The zero-order valence-corrected chi connectivity index (χ0v) is 16.0. The van der Waals surface area contributed by atoms with Crippen LogP contribution in [0.2, 0.25) is 0 Å². The van der Waals surface area contributed by atoms with Gasteiger partial charge in [-0.3, -0.25) is 0 Å². The van der Waals surface area contributed by atoms with Gasteiger partial charge >= 0.3 is 11.6 Å². The molecule has 0 amide bonds. The first-order valence-electron chi connectivity index (χ1n) is 9.76. The normalized spacial score (nSPS) is 19.8.